The number of aromatic nitrogens is 1. The molecule has 0 N–H and O–H groups in total. The molecule has 1 aromatic carbocycles. The SMILES string of the molecule is O=C(COc1ccc(F)cc1)N1CCCN(C(=O)c2ccccn2)CC1. The topological polar surface area (TPSA) is 62.7 Å². The number of benzene rings is 1. The van der Waals surface area contributed by atoms with Gasteiger partial charge in [-0.05, 0) is 42.8 Å². The van der Waals surface area contributed by atoms with Gasteiger partial charge in [0.1, 0.15) is 17.3 Å². The molecule has 0 aliphatic carbocycles. The van der Waals surface area contributed by atoms with Gasteiger partial charge in [0.2, 0.25) is 0 Å². The van der Waals surface area contributed by atoms with Crippen LogP contribution in [0.4, 0.5) is 4.39 Å². The molecule has 0 bridgehead atoms. The van der Waals surface area contributed by atoms with Crippen LogP contribution in [0.2, 0.25) is 0 Å². The fraction of sp³-hybridized carbons (Fsp3) is 0.316. The van der Waals surface area contributed by atoms with Crippen LogP contribution < -0.4 is 4.74 Å². The largest absolute Gasteiger partial charge is 0.484 e. The lowest BCUT2D eigenvalue weighted by atomic mass is 10.3. The van der Waals surface area contributed by atoms with Crippen molar-refractivity contribution in [2.75, 3.05) is 32.8 Å². The van der Waals surface area contributed by atoms with Crippen LogP contribution in [-0.2, 0) is 4.79 Å². The van der Waals surface area contributed by atoms with E-state index in [1.165, 1.54) is 24.3 Å². The van der Waals surface area contributed by atoms with Gasteiger partial charge in [0.05, 0.1) is 0 Å². The molecule has 0 spiro atoms. The fourth-order valence-electron chi connectivity index (χ4n) is 2.79. The fourth-order valence-corrected chi connectivity index (χ4v) is 2.79. The Morgan fingerprint density at radius 3 is 2.46 bits per heavy atom. The van der Waals surface area contributed by atoms with E-state index in [0.717, 1.165) is 0 Å². The molecule has 1 fully saturated rings. The third kappa shape index (κ3) is 4.56. The maximum Gasteiger partial charge on any atom is 0.272 e. The molecule has 2 heterocycles. The first kappa shape index (κ1) is 17.8. The lowest BCUT2D eigenvalue weighted by Crippen LogP contribution is -2.39. The zero-order valence-electron chi connectivity index (χ0n) is 14.3. The molecule has 2 aromatic rings. The molecule has 0 atom stereocenters. The van der Waals surface area contributed by atoms with Gasteiger partial charge in [0.25, 0.3) is 11.8 Å². The van der Waals surface area contributed by atoms with Gasteiger partial charge in [-0.2, -0.15) is 0 Å². The van der Waals surface area contributed by atoms with Gasteiger partial charge < -0.3 is 14.5 Å². The molecule has 2 amide bonds. The monoisotopic (exact) mass is 357 g/mol. The van der Waals surface area contributed by atoms with Crippen molar-refractivity contribution in [1.82, 2.24) is 14.8 Å². The maximum atomic E-state index is 12.9. The lowest BCUT2D eigenvalue weighted by molar-refractivity contribution is -0.133. The normalized spacial score (nSPS) is 14.7. The zero-order chi connectivity index (χ0) is 18.4. The summed E-state index contributed by atoms with van der Waals surface area (Å²) in [5.41, 5.74) is 0.409. The van der Waals surface area contributed by atoms with Crippen LogP contribution in [0.1, 0.15) is 16.9 Å². The van der Waals surface area contributed by atoms with E-state index in [2.05, 4.69) is 4.98 Å². The average molecular weight is 357 g/mol. The number of rotatable bonds is 4. The first-order valence-electron chi connectivity index (χ1n) is 8.50. The number of amides is 2. The quantitative estimate of drug-likeness (QED) is 0.839. The molecule has 0 saturated carbocycles. The molecular formula is C19H20FN3O3. The van der Waals surface area contributed by atoms with Crippen molar-refractivity contribution < 1.29 is 18.7 Å². The second-order valence-corrected chi connectivity index (χ2v) is 5.98. The summed E-state index contributed by atoms with van der Waals surface area (Å²) in [5, 5.41) is 0. The van der Waals surface area contributed by atoms with E-state index in [-0.39, 0.29) is 24.2 Å². The van der Waals surface area contributed by atoms with E-state index in [1.807, 2.05) is 0 Å². The lowest BCUT2D eigenvalue weighted by Gasteiger charge is -2.22. The summed E-state index contributed by atoms with van der Waals surface area (Å²) < 4.78 is 18.3. The molecule has 26 heavy (non-hydrogen) atoms. The Kier molecular flexibility index (Phi) is 5.78. The van der Waals surface area contributed by atoms with Gasteiger partial charge >= 0.3 is 0 Å². The number of ether oxygens (including phenoxy) is 1. The van der Waals surface area contributed by atoms with Crippen LogP contribution in [0.5, 0.6) is 5.75 Å². The minimum absolute atomic E-state index is 0.111. The summed E-state index contributed by atoms with van der Waals surface area (Å²) in [7, 11) is 0. The molecule has 1 aliphatic heterocycles. The number of nitrogens with zero attached hydrogens (tertiary/aromatic N) is 3. The third-order valence-electron chi connectivity index (χ3n) is 4.20. The zero-order valence-corrected chi connectivity index (χ0v) is 14.3. The van der Waals surface area contributed by atoms with Crippen LogP contribution in [0.25, 0.3) is 0 Å². The van der Waals surface area contributed by atoms with E-state index in [4.69, 9.17) is 4.74 Å². The Balaban J connectivity index is 1.52. The highest BCUT2D eigenvalue weighted by Crippen LogP contribution is 2.12. The van der Waals surface area contributed by atoms with E-state index in [1.54, 1.807) is 34.2 Å². The van der Waals surface area contributed by atoms with Crippen molar-refractivity contribution in [2.24, 2.45) is 0 Å². The average Bonchev–Trinajstić information content (AvgIpc) is 2.94. The van der Waals surface area contributed by atoms with Crippen molar-refractivity contribution in [3.05, 3.63) is 60.2 Å². The predicted octanol–water partition coefficient (Wildman–Crippen LogP) is 1.97. The van der Waals surface area contributed by atoms with Gasteiger partial charge in [-0.15, -0.1) is 0 Å². The Morgan fingerprint density at radius 2 is 1.73 bits per heavy atom. The van der Waals surface area contributed by atoms with Crippen LogP contribution in [0.3, 0.4) is 0 Å². The van der Waals surface area contributed by atoms with Gasteiger partial charge in [-0.3, -0.25) is 14.6 Å². The van der Waals surface area contributed by atoms with Gasteiger partial charge in [-0.1, -0.05) is 6.07 Å². The van der Waals surface area contributed by atoms with Crippen LogP contribution in [0.15, 0.2) is 48.7 Å². The number of pyridine rings is 1. The summed E-state index contributed by atoms with van der Waals surface area (Å²) in [6, 6.07) is 10.8. The van der Waals surface area contributed by atoms with E-state index < -0.39 is 0 Å². The van der Waals surface area contributed by atoms with Crippen LogP contribution >= 0.6 is 0 Å². The molecule has 0 unspecified atom stereocenters. The first-order chi connectivity index (χ1) is 12.6. The number of carbonyl (C=O) groups is 2. The summed E-state index contributed by atoms with van der Waals surface area (Å²) in [5.74, 6) is -0.181. The molecule has 1 aromatic heterocycles. The molecule has 7 heteroatoms. The van der Waals surface area contributed by atoms with Crippen molar-refractivity contribution in [2.45, 2.75) is 6.42 Å². The van der Waals surface area contributed by atoms with Crippen molar-refractivity contribution >= 4 is 11.8 Å². The minimum Gasteiger partial charge on any atom is -0.484 e. The maximum absolute atomic E-state index is 12.9. The highest BCUT2D eigenvalue weighted by molar-refractivity contribution is 5.92. The van der Waals surface area contributed by atoms with Gasteiger partial charge in [0.15, 0.2) is 6.61 Å². The highest BCUT2D eigenvalue weighted by Gasteiger charge is 2.23. The molecule has 3 rings (SSSR count). The smallest absolute Gasteiger partial charge is 0.272 e. The number of hydrogen-bond donors (Lipinski definition) is 0. The molecule has 1 saturated heterocycles. The predicted molar refractivity (Wildman–Crippen MR) is 93.2 cm³/mol. The Hall–Kier alpha value is -2.96. The van der Waals surface area contributed by atoms with E-state index in [0.29, 0.717) is 44.0 Å². The van der Waals surface area contributed by atoms with E-state index >= 15 is 0 Å². The number of hydrogen-bond acceptors (Lipinski definition) is 4. The molecule has 136 valence electrons. The summed E-state index contributed by atoms with van der Waals surface area (Å²) in [6.45, 7) is 1.94. The number of carbonyl (C=O) groups excluding carboxylic acids is 2. The first-order valence-corrected chi connectivity index (χ1v) is 8.50. The van der Waals surface area contributed by atoms with Gasteiger partial charge in [0, 0.05) is 32.4 Å². The highest BCUT2D eigenvalue weighted by atomic mass is 19.1. The molecule has 6 nitrogen and oxygen atoms in total. The minimum atomic E-state index is -0.353. The van der Waals surface area contributed by atoms with Crippen LogP contribution in [0, 0.1) is 5.82 Å². The van der Waals surface area contributed by atoms with Gasteiger partial charge in [-0.25, -0.2) is 4.39 Å². The van der Waals surface area contributed by atoms with Crippen molar-refractivity contribution in [1.29, 1.82) is 0 Å². The summed E-state index contributed by atoms with van der Waals surface area (Å²) in [6.07, 6.45) is 2.29. The van der Waals surface area contributed by atoms with Crippen LogP contribution in [-0.4, -0.2) is 59.4 Å². The van der Waals surface area contributed by atoms with E-state index in [9.17, 15) is 14.0 Å². The number of halogens is 1. The Labute approximate surface area is 151 Å². The second kappa shape index (κ2) is 8.42. The molecule has 0 radical (unpaired) electrons. The Bertz CT molecular complexity index is 752. The summed E-state index contributed by atoms with van der Waals surface area (Å²) >= 11 is 0. The summed E-state index contributed by atoms with van der Waals surface area (Å²) in [4.78, 5) is 32.3. The molecular weight excluding hydrogens is 337 g/mol. The third-order valence-corrected chi connectivity index (χ3v) is 4.20. The van der Waals surface area contributed by atoms with Crippen molar-refractivity contribution in [3.63, 3.8) is 0 Å². The Morgan fingerprint density at radius 1 is 1.00 bits per heavy atom. The van der Waals surface area contributed by atoms with Crippen molar-refractivity contribution in [3.8, 4) is 5.75 Å². The standard InChI is InChI=1S/C19H20FN3O3/c20-15-5-7-16(8-6-15)26-14-18(24)22-10-3-11-23(13-12-22)19(25)17-4-1-2-9-21-17/h1-2,4-9H,3,10-14H2. The molecule has 1 aliphatic rings. The second-order valence-electron chi connectivity index (χ2n) is 5.98.